The first-order chi connectivity index (χ1) is 14.0. The molecule has 0 aliphatic rings. The highest BCUT2D eigenvalue weighted by molar-refractivity contribution is 5.92. The molecule has 3 aromatic rings. The minimum Gasteiger partial charge on any atom is -0.434 e. The summed E-state index contributed by atoms with van der Waals surface area (Å²) in [7, 11) is 0. The van der Waals surface area contributed by atoms with Gasteiger partial charge in [-0.1, -0.05) is 0 Å². The van der Waals surface area contributed by atoms with Gasteiger partial charge in [-0.25, -0.2) is 13.8 Å². The predicted octanol–water partition coefficient (Wildman–Crippen LogP) is 1.90. The van der Waals surface area contributed by atoms with Crippen molar-refractivity contribution in [2.75, 3.05) is 0 Å². The second-order valence-electron chi connectivity index (χ2n) is 6.61. The number of aromatic nitrogens is 3. The van der Waals surface area contributed by atoms with E-state index in [1.165, 1.54) is 29.8 Å². The molecule has 0 unspecified atom stereocenters. The zero-order valence-electron chi connectivity index (χ0n) is 16.2. The summed E-state index contributed by atoms with van der Waals surface area (Å²) >= 11 is 0. The lowest BCUT2D eigenvalue weighted by atomic mass is 10.1. The number of nitrogens with zero attached hydrogens (tertiary/aromatic N) is 3. The Bertz CT molecular complexity index is 1210. The Morgan fingerprint density at radius 2 is 1.80 bits per heavy atom. The molecule has 0 saturated heterocycles. The topological polar surface area (TPSA) is 115 Å². The molecule has 0 spiro atoms. The summed E-state index contributed by atoms with van der Waals surface area (Å²) in [4.78, 5) is 31.6. The fraction of sp³-hybridized carbons (Fsp3) is 0.200. The van der Waals surface area contributed by atoms with Crippen molar-refractivity contribution in [3.8, 4) is 11.4 Å². The fourth-order valence-electron chi connectivity index (χ4n) is 2.85. The van der Waals surface area contributed by atoms with Crippen LogP contribution in [0.1, 0.15) is 34.4 Å². The maximum Gasteiger partial charge on any atom is 0.372 e. The molecular weight excluding hydrogens is 400 g/mol. The Balaban J connectivity index is 2.02. The number of aliphatic hydroxyl groups is 2. The summed E-state index contributed by atoms with van der Waals surface area (Å²) in [6, 6.07) is 4.13. The SMILES string of the molecule is CC(=O)c1cc(-n2c(C)cc(OC(O)(O)c3ncc(F)cc3F)cc2=O)c(C)cn1. The molecule has 0 atom stereocenters. The van der Waals surface area contributed by atoms with Crippen molar-refractivity contribution < 1.29 is 28.5 Å². The molecule has 0 bridgehead atoms. The summed E-state index contributed by atoms with van der Waals surface area (Å²) in [5, 5.41) is 20.1. The molecule has 156 valence electrons. The quantitative estimate of drug-likeness (QED) is 0.481. The molecule has 0 aliphatic carbocycles. The average Bonchev–Trinajstić information content (AvgIpc) is 2.61. The molecule has 8 nitrogen and oxygen atoms in total. The Morgan fingerprint density at radius 1 is 1.10 bits per heavy atom. The minimum atomic E-state index is -3.25. The Kier molecular flexibility index (Phi) is 5.47. The van der Waals surface area contributed by atoms with Gasteiger partial charge in [-0.15, -0.1) is 0 Å². The van der Waals surface area contributed by atoms with Gasteiger partial charge in [0.05, 0.1) is 11.9 Å². The standard InChI is InChI=1S/C20H17F2N3O5/c1-10-8-23-16(12(3)26)7-17(10)25-11(2)4-14(6-18(25)27)30-20(28,29)19-15(22)5-13(21)9-24-19/h4-9,28-29H,1-3H3. The summed E-state index contributed by atoms with van der Waals surface area (Å²) in [5.74, 6) is -6.17. The second kappa shape index (κ2) is 7.73. The third-order valence-corrected chi connectivity index (χ3v) is 4.24. The van der Waals surface area contributed by atoms with Gasteiger partial charge in [0.2, 0.25) is 0 Å². The van der Waals surface area contributed by atoms with Crippen molar-refractivity contribution in [1.29, 1.82) is 0 Å². The van der Waals surface area contributed by atoms with Crippen LogP contribution in [-0.2, 0) is 5.97 Å². The molecule has 30 heavy (non-hydrogen) atoms. The molecule has 3 aromatic heterocycles. The molecule has 2 N–H and O–H groups in total. The Hall–Kier alpha value is -3.50. The number of Topliss-reactive ketones (excluding diaryl/α,β-unsaturated/α-hetero) is 1. The van der Waals surface area contributed by atoms with Gasteiger partial charge in [0.15, 0.2) is 17.3 Å². The van der Waals surface area contributed by atoms with Crippen LogP contribution in [-0.4, -0.2) is 30.5 Å². The lowest BCUT2D eigenvalue weighted by molar-refractivity contribution is -0.308. The van der Waals surface area contributed by atoms with Gasteiger partial charge >= 0.3 is 5.97 Å². The molecular formula is C20H17F2N3O5. The maximum atomic E-state index is 13.8. The number of ketones is 1. The summed E-state index contributed by atoms with van der Waals surface area (Å²) in [6.45, 7) is 4.60. The van der Waals surface area contributed by atoms with E-state index >= 15 is 0 Å². The first-order valence-electron chi connectivity index (χ1n) is 8.66. The Morgan fingerprint density at radius 3 is 2.40 bits per heavy atom. The largest absolute Gasteiger partial charge is 0.434 e. The van der Waals surface area contributed by atoms with Gasteiger partial charge in [0.1, 0.15) is 17.3 Å². The first kappa shape index (κ1) is 21.2. The highest BCUT2D eigenvalue weighted by Crippen LogP contribution is 2.25. The molecule has 0 fully saturated rings. The van der Waals surface area contributed by atoms with E-state index < -0.39 is 28.9 Å². The Labute approximate surface area is 169 Å². The third-order valence-electron chi connectivity index (χ3n) is 4.24. The van der Waals surface area contributed by atoms with Crippen LogP contribution in [0, 0.1) is 25.5 Å². The third kappa shape index (κ3) is 4.09. The smallest absolute Gasteiger partial charge is 0.372 e. The van der Waals surface area contributed by atoms with Crippen molar-refractivity contribution in [3.05, 3.63) is 81.3 Å². The van der Waals surface area contributed by atoms with Gasteiger partial charge < -0.3 is 14.9 Å². The van der Waals surface area contributed by atoms with E-state index in [0.29, 0.717) is 29.2 Å². The molecule has 3 heterocycles. The van der Waals surface area contributed by atoms with Crippen LogP contribution in [0.4, 0.5) is 8.78 Å². The van der Waals surface area contributed by atoms with Crippen LogP contribution in [0.5, 0.6) is 5.75 Å². The van der Waals surface area contributed by atoms with Crippen LogP contribution < -0.4 is 10.3 Å². The zero-order valence-corrected chi connectivity index (χ0v) is 16.2. The van der Waals surface area contributed by atoms with Gasteiger partial charge in [0.25, 0.3) is 5.56 Å². The van der Waals surface area contributed by atoms with E-state index in [4.69, 9.17) is 4.74 Å². The van der Waals surface area contributed by atoms with E-state index in [0.717, 1.165) is 6.07 Å². The number of rotatable bonds is 5. The second-order valence-corrected chi connectivity index (χ2v) is 6.61. The number of hydrogen-bond acceptors (Lipinski definition) is 7. The molecule has 0 aliphatic heterocycles. The number of halogens is 2. The van der Waals surface area contributed by atoms with E-state index in [1.807, 2.05) is 0 Å². The van der Waals surface area contributed by atoms with Crippen molar-refractivity contribution in [2.45, 2.75) is 26.7 Å². The van der Waals surface area contributed by atoms with Gasteiger partial charge in [-0.2, -0.15) is 0 Å². The highest BCUT2D eigenvalue weighted by Gasteiger charge is 2.35. The van der Waals surface area contributed by atoms with Gasteiger partial charge in [0, 0.05) is 37.0 Å². The molecule has 0 radical (unpaired) electrons. The summed E-state index contributed by atoms with van der Waals surface area (Å²) < 4.78 is 33.1. The fourth-order valence-corrected chi connectivity index (χ4v) is 2.85. The lowest BCUT2D eigenvalue weighted by Crippen LogP contribution is -2.35. The number of aryl methyl sites for hydroxylation is 2. The first-order valence-corrected chi connectivity index (χ1v) is 8.66. The number of ether oxygens (including phenoxy) is 1. The van der Waals surface area contributed by atoms with Crippen LogP contribution in [0.3, 0.4) is 0 Å². The van der Waals surface area contributed by atoms with Crippen LogP contribution in [0.15, 0.2) is 41.5 Å². The molecule has 3 rings (SSSR count). The normalized spacial score (nSPS) is 11.4. The highest BCUT2D eigenvalue weighted by atomic mass is 19.1. The van der Waals surface area contributed by atoms with Crippen molar-refractivity contribution in [3.63, 3.8) is 0 Å². The van der Waals surface area contributed by atoms with Crippen LogP contribution in [0.2, 0.25) is 0 Å². The maximum absolute atomic E-state index is 13.8. The predicted molar refractivity (Wildman–Crippen MR) is 100 cm³/mol. The van der Waals surface area contributed by atoms with Crippen molar-refractivity contribution in [2.24, 2.45) is 0 Å². The minimum absolute atomic E-state index is 0.171. The van der Waals surface area contributed by atoms with Gasteiger partial charge in [-0.3, -0.25) is 19.1 Å². The van der Waals surface area contributed by atoms with Crippen molar-refractivity contribution in [1.82, 2.24) is 14.5 Å². The number of carbonyl (C=O) groups excluding carboxylic acids is 1. The number of hydrogen-bond donors (Lipinski definition) is 2. The summed E-state index contributed by atoms with van der Waals surface area (Å²) in [6.07, 6.45) is 2.04. The average molecular weight is 417 g/mol. The summed E-state index contributed by atoms with van der Waals surface area (Å²) in [5.41, 5.74) is -0.0571. The van der Waals surface area contributed by atoms with Crippen LogP contribution in [0.25, 0.3) is 5.69 Å². The molecule has 0 amide bonds. The van der Waals surface area contributed by atoms with Crippen LogP contribution >= 0.6 is 0 Å². The zero-order chi connectivity index (χ0) is 22.2. The van der Waals surface area contributed by atoms with E-state index in [-0.39, 0.29) is 17.2 Å². The molecule has 0 saturated carbocycles. The molecule has 10 heteroatoms. The van der Waals surface area contributed by atoms with E-state index in [9.17, 15) is 28.6 Å². The van der Waals surface area contributed by atoms with Gasteiger partial charge in [-0.05, 0) is 25.5 Å². The van der Waals surface area contributed by atoms with E-state index in [2.05, 4.69) is 9.97 Å². The monoisotopic (exact) mass is 417 g/mol. The number of carbonyl (C=O) groups is 1. The molecule has 0 aromatic carbocycles. The van der Waals surface area contributed by atoms with Crippen molar-refractivity contribution >= 4 is 5.78 Å². The lowest BCUT2D eigenvalue weighted by Gasteiger charge is -2.23. The van der Waals surface area contributed by atoms with E-state index in [1.54, 1.807) is 13.8 Å². The number of pyridine rings is 3.